The molecule has 3 rings (SSSR count). The number of hydrogen-bond acceptors (Lipinski definition) is 6. The molecule has 0 saturated carbocycles. The third-order valence-corrected chi connectivity index (χ3v) is 6.09. The molecule has 0 aliphatic carbocycles. The molecule has 6 nitrogen and oxygen atoms in total. The molecule has 1 amide bonds. The lowest BCUT2D eigenvalue weighted by atomic mass is 10.3. The first kappa shape index (κ1) is 21.1. The van der Waals surface area contributed by atoms with Gasteiger partial charge < -0.3 is 14.0 Å². The summed E-state index contributed by atoms with van der Waals surface area (Å²) in [5, 5.41) is 0. The SMILES string of the molecule is CCOC(=O)Cn1c(=NC(=O)CCSc2ccccc2)sc2cc(OC)ccc21. The fraction of sp³-hybridized carbons (Fsp3) is 0.286. The molecule has 0 aliphatic heterocycles. The van der Waals surface area contributed by atoms with Crippen LogP contribution in [0, 0.1) is 0 Å². The molecule has 0 aliphatic rings. The Hall–Kier alpha value is -2.58. The van der Waals surface area contributed by atoms with Crippen LogP contribution in [0.5, 0.6) is 5.75 Å². The zero-order valence-electron chi connectivity index (χ0n) is 16.3. The van der Waals surface area contributed by atoms with Crippen LogP contribution in [0.25, 0.3) is 10.2 Å². The van der Waals surface area contributed by atoms with E-state index in [1.807, 2.05) is 48.5 Å². The van der Waals surface area contributed by atoms with Gasteiger partial charge in [0, 0.05) is 17.1 Å². The molecule has 0 spiro atoms. The number of amides is 1. The number of thiazole rings is 1. The van der Waals surface area contributed by atoms with Gasteiger partial charge in [-0.25, -0.2) is 0 Å². The maximum Gasteiger partial charge on any atom is 0.326 e. The van der Waals surface area contributed by atoms with Crippen LogP contribution in [0.15, 0.2) is 58.4 Å². The Labute approximate surface area is 177 Å². The van der Waals surface area contributed by atoms with Gasteiger partial charge in [-0.3, -0.25) is 9.59 Å². The Bertz CT molecular complexity index is 1060. The summed E-state index contributed by atoms with van der Waals surface area (Å²) in [6, 6.07) is 15.5. The van der Waals surface area contributed by atoms with E-state index in [0.717, 1.165) is 15.1 Å². The number of benzene rings is 2. The number of thioether (sulfide) groups is 1. The Morgan fingerprint density at radius 3 is 2.69 bits per heavy atom. The normalized spacial score (nSPS) is 11.6. The zero-order valence-corrected chi connectivity index (χ0v) is 17.9. The predicted octanol–water partition coefficient (Wildman–Crippen LogP) is 3.88. The second kappa shape index (κ2) is 10.3. The number of esters is 1. The van der Waals surface area contributed by atoms with Gasteiger partial charge in [0.2, 0.25) is 5.91 Å². The number of aromatic nitrogens is 1. The molecule has 29 heavy (non-hydrogen) atoms. The van der Waals surface area contributed by atoms with Crippen molar-refractivity contribution in [2.75, 3.05) is 19.5 Å². The van der Waals surface area contributed by atoms with Crippen LogP contribution in [-0.4, -0.2) is 35.9 Å². The predicted molar refractivity (Wildman–Crippen MR) is 115 cm³/mol. The van der Waals surface area contributed by atoms with Crippen LogP contribution in [0.3, 0.4) is 0 Å². The summed E-state index contributed by atoms with van der Waals surface area (Å²) in [6.07, 6.45) is 0.316. The molecule has 0 unspecified atom stereocenters. The number of carbonyl (C=O) groups excluding carboxylic acids is 2. The average Bonchev–Trinajstić information content (AvgIpc) is 3.05. The highest BCUT2D eigenvalue weighted by Crippen LogP contribution is 2.23. The first-order valence-corrected chi connectivity index (χ1v) is 11.0. The first-order chi connectivity index (χ1) is 14.1. The van der Waals surface area contributed by atoms with E-state index in [4.69, 9.17) is 9.47 Å². The number of nitrogens with zero attached hydrogens (tertiary/aromatic N) is 2. The highest BCUT2D eigenvalue weighted by Gasteiger charge is 2.13. The largest absolute Gasteiger partial charge is 0.497 e. The van der Waals surface area contributed by atoms with E-state index in [0.29, 0.717) is 29.3 Å². The van der Waals surface area contributed by atoms with Gasteiger partial charge in [-0.2, -0.15) is 4.99 Å². The molecule has 3 aromatic rings. The standard InChI is InChI=1S/C21H22N2O4S2/c1-3-27-20(25)14-23-17-10-9-15(26-2)13-18(17)29-21(23)22-19(24)11-12-28-16-7-5-4-6-8-16/h4-10,13H,3,11-12,14H2,1-2H3. The topological polar surface area (TPSA) is 69.9 Å². The average molecular weight is 431 g/mol. The van der Waals surface area contributed by atoms with Gasteiger partial charge in [0.15, 0.2) is 4.80 Å². The van der Waals surface area contributed by atoms with E-state index in [9.17, 15) is 9.59 Å². The van der Waals surface area contributed by atoms with Crippen molar-refractivity contribution in [3.63, 3.8) is 0 Å². The van der Waals surface area contributed by atoms with Crippen molar-refractivity contribution in [2.45, 2.75) is 24.8 Å². The van der Waals surface area contributed by atoms with E-state index in [1.54, 1.807) is 30.4 Å². The maximum atomic E-state index is 12.4. The Balaban J connectivity index is 1.83. The van der Waals surface area contributed by atoms with Crippen LogP contribution < -0.4 is 9.54 Å². The molecule has 2 aromatic carbocycles. The van der Waals surface area contributed by atoms with Crippen LogP contribution >= 0.6 is 23.1 Å². The summed E-state index contributed by atoms with van der Waals surface area (Å²) in [7, 11) is 1.60. The molecule has 152 valence electrons. The molecule has 1 aromatic heterocycles. The Morgan fingerprint density at radius 1 is 1.17 bits per heavy atom. The molecule has 0 atom stereocenters. The van der Waals surface area contributed by atoms with E-state index in [1.165, 1.54) is 11.3 Å². The molecular weight excluding hydrogens is 408 g/mol. The molecule has 0 fully saturated rings. The van der Waals surface area contributed by atoms with E-state index in [-0.39, 0.29) is 18.4 Å². The van der Waals surface area contributed by atoms with Gasteiger partial charge in [0.05, 0.1) is 23.9 Å². The summed E-state index contributed by atoms with van der Waals surface area (Å²) in [4.78, 5) is 30.4. The van der Waals surface area contributed by atoms with Crippen LogP contribution in [0.1, 0.15) is 13.3 Å². The van der Waals surface area contributed by atoms with Crippen LogP contribution in [-0.2, 0) is 20.9 Å². The fourth-order valence-corrected chi connectivity index (χ4v) is 4.63. The monoisotopic (exact) mass is 430 g/mol. The minimum absolute atomic E-state index is 0.00501. The number of fused-ring (bicyclic) bond motifs is 1. The molecule has 0 saturated heterocycles. The van der Waals surface area contributed by atoms with Crippen molar-refractivity contribution in [1.29, 1.82) is 0 Å². The lowest BCUT2D eigenvalue weighted by Crippen LogP contribution is -2.23. The molecule has 0 N–H and O–H groups in total. The summed E-state index contributed by atoms with van der Waals surface area (Å²) in [5.41, 5.74) is 0.814. The van der Waals surface area contributed by atoms with Gasteiger partial charge in [-0.1, -0.05) is 29.5 Å². The number of methoxy groups -OCH3 is 1. The van der Waals surface area contributed by atoms with E-state index < -0.39 is 0 Å². The Morgan fingerprint density at radius 2 is 1.97 bits per heavy atom. The molecule has 0 bridgehead atoms. The minimum Gasteiger partial charge on any atom is -0.497 e. The smallest absolute Gasteiger partial charge is 0.326 e. The number of rotatable bonds is 8. The summed E-state index contributed by atoms with van der Waals surface area (Å²) < 4.78 is 13.0. The third-order valence-electron chi connectivity index (χ3n) is 4.03. The van der Waals surface area contributed by atoms with Crippen molar-refractivity contribution in [3.8, 4) is 5.75 Å². The second-order valence-corrected chi connectivity index (χ2v) is 8.20. The van der Waals surface area contributed by atoms with Crippen molar-refractivity contribution in [3.05, 3.63) is 53.3 Å². The summed E-state index contributed by atoms with van der Waals surface area (Å²) in [6.45, 7) is 2.07. The summed E-state index contributed by atoms with van der Waals surface area (Å²) in [5.74, 6) is 0.767. The lowest BCUT2D eigenvalue weighted by molar-refractivity contribution is -0.143. The van der Waals surface area contributed by atoms with Crippen molar-refractivity contribution < 1.29 is 19.1 Å². The molecule has 1 heterocycles. The number of hydrogen-bond donors (Lipinski definition) is 0. The van der Waals surface area contributed by atoms with Gasteiger partial charge in [-0.05, 0) is 37.3 Å². The van der Waals surface area contributed by atoms with E-state index in [2.05, 4.69) is 4.99 Å². The quantitative estimate of drug-likeness (QED) is 0.401. The van der Waals surface area contributed by atoms with Gasteiger partial charge in [-0.15, -0.1) is 11.8 Å². The zero-order chi connectivity index (χ0) is 20.6. The lowest BCUT2D eigenvalue weighted by Gasteiger charge is -2.05. The van der Waals surface area contributed by atoms with Crippen molar-refractivity contribution in [1.82, 2.24) is 4.57 Å². The summed E-state index contributed by atoms with van der Waals surface area (Å²) >= 11 is 2.97. The number of ether oxygens (including phenoxy) is 2. The van der Waals surface area contributed by atoms with Crippen LogP contribution in [0.2, 0.25) is 0 Å². The maximum absolute atomic E-state index is 12.4. The second-order valence-electron chi connectivity index (χ2n) is 6.03. The highest BCUT2D eigenvalue weighted by molar-refractivity contribution is 7.99. The van der Waals surface area contributed by atoms with Crippen LogP contribution in [0.4, 0.5) is 0 Å². The number of carbonyl (C=O) groups is 2. The minimum atomic E-state index is -0.364. The van der Waals surface area contributed by atoms with Gasteiger partial charge in [0.1, 0.15) is 12.3 Å². The van der Waals surface area contributed by atoms with E-state index >= 15 is 0 Å². The Kier molecular flexibility index (Phi) is 7.48. The highest BCUT2D eigenvalue weighted by atomic mass is 32.2. The molecule has 8 heteroatoms. The van der Waals surface area contributed by atoms with Gasteiger partial charge >= 0.3 is 5.97 Å². The van der Waals surface area contributed by atoms with Crippen molar-refractivity contribution >= 4 is 45.2 Å². The first-order valence-electron chi connectivity index (χ1n) is 9.19. The fourth-order valence-electron chi connectivity index (χ4n) is 2.69. The molecular formula is C21H22N2O4S2. The molecule has 0 radical (unpaired) electrons. The van der Waals surface area contributed by atoms with Gasteiger partial charge in [0.25, 0.3) is 0 Å². The third kappa shape index (κ3) is 5.71. The van der Waals surface area contributed by atoms with Crippen molar-refractivity contribution in [2.24, 2.45) is 4.99 Å².